The van der Waals surface area contributed by atoms with Crippen LogP contribution >= 0.6 is 11.3 Å². The number of nitrogens with two attached hydrogens (primary N) is 1. The first-order chi connectivity index (χ1) is 8.06. The lowest BCUT2D eigenvalue weighted by Gasteiger charge is -2.05. The first kappa shape index (κ1) is 11.9. The Morgan fingerprint density at radius 2 is 2.12 bits per heavy atom. The van der Waals surface area contributed by atoms with Gasteiger partial charge in [-0.25, -0.2) is 4.98 Å². The molecule has 2 rings (SSSR count). The molecule has 1 aromatic carbocycles. The van der Waals surface area contributed by atoms with Gasteiger partial charge in [0.1, 0.15) is 0 Å². The molecule has 0 spiro atoms. The molecular weight excluding hydrogens is 230 g/mol. The van der Waals surface area contributed by atoms with Gasteiger partial charge in [-0.1, -0.05) is 19.9 Å². The number of hydrogen-bond donors (Lipinski definition) is 2. The number of thiazole rings is 1. The van der Waals surface area contributed by atoms with E-state index in [0.29, 0.717) is 5.92 Å². The summed E-state index contributed by atoms with van der Waals surface area (Å²) in [5, 5.41) is 6.28. The van der Waals surface area contributed by atoms with Crippen LogP contribution in [0.1, 0.15) is 31.0 Å². The van der Waals surface area contributed by atoms with Crippen molar-refractivity contribution in [2.24, 2.45) is 0 Å². The number of anilines is 3. The third-order valence-corrected chi connectivity index (χ3v) is 3.42. The van der Waals surface area contributed by atoms with Crippen LogP contribution in [0, 0.1) is 6.92 Å². The molecule has 0 saturated heterocycles. The lowest BCUT2D eigenvalue weighted by molar-refractivity contribution is 0.834. The van der Waals surface area contributed by atoms with Gasteiger partial charge < -0.3 is 11.1 Å². The molecule has 3 N–H and O–H groups in total. The number of hydrogen-bond acceptors (Lipinski definition) is 4. The van der Waals surface area contributed by atoms with Gasteiger partial charge in [-0.05, 0) is 30.5 Å². The zero-order chi connectivity index (χ0) is 12.4. The minimum Gasteiger partial charge on any atom is -0.398 e. The van der Waals surface area contributed by atoms with E-state index >= 15 is 0 Å². The zero-order valence-electron chi connectivity index (χ0n) is 10.3. The van der Waals surface area contributed by atoms with Crippen molar-refractivity contribution < 1.29 is 0 Å². The summed E-state index contributed by atoms with van der Waals surface area (Å²) in [5.41, 5.74) is 9.87. The van der Waals surface area contributed by atoms with E-state index in [4.69, 9.17) is 5.73 Å². The summed E-state index contributed by atoms with van der Waals surface area (Å²) < 4.78 is 0. The maximum atomic E-state index is 5.87. The van der Waals surface area contributed by atoms with Crippen LogP contribution in [0.5, 0.6) is 0 Å². The summed E-state index contributed by atoms with van der Waals surface area (Å²) in [5.74, 6) is 0.463. The van der Waals surface area contributed by atoms with Crippen molar-refractivity contribution in [1.82, 2.24) is 4.98 Å². The molecule has 0 amide bonds. The fraction of sp³-hybridized carbons (Fsp3) is 0.308. The van der Waals surface area contributed by atoms with Crippen LogP contribution in [-0.4, -0.2) is 4.98 Å². The van der Waals surface area contributed by atoms with Crippen LogP contribution in [0.3, 0.4) is 0 Å². The highest BCUT2D eigenvalue weighted by Crippen LogP contribution is 2.26. The van der Waals surface area contributed by atoms with Gasteiger partial charge in [0, 0.05) is 16.8 Å². The van der Waals surface area contributed by atoms with Gasteiger partial charge in [0.15, 0.2) is 5.13 Å². The highest BCUT2D eigenvalue weighted by Gasteiger charge is 2.06. The summed E-state index contributed by atoms with van der Waals surface area (Å²) >= 11 is 1.62. The molecule has 0 unspecified atom stereocenters. The molecule has 0 aliphatic carbocycles. The summed E-state index contributed by atoms with van der Waals surface area (Å²) in [6.07, 6.45) is 0. The Balaban J connectivity index is 2.16. The van der Waals surface area contributed by atoms with Crippen molar-refractivity contribution in [2.75, 3.05) is 11.1 Å². The van der Waals surface area contributed by atoms with Crippen LogP contribution < -0.4 is 11.1 Å². The Kier molecular flexibility index (Phi) is 3.33. The maximum Gasteiger partial charge on any atom is 0.187 e. The summed E-state index contributed by atoms with van der Waals surface area (Å²) in [6, 6.07) is 5.96. The third kappa shape index (κ3) is 2.77. The third-order valence-electron chi connectivity index (χ3n) is 2.64. The molecule has 0 radical (unpaired) electrons. The number of aryl methyl sites for hydroxylation is 1. The number of nitrogen functional groups attached to an aromatic ring is 1. The summed E-state index contributed by atoms with van der Waals surface area (Å²) in [7, 11) is 0. The Morgan fingerprint density at radius 1 is 1.35 bits per heavy atom. The molecule has 1 aromatic heterocycles. The molecule has 90 valence electrons. The predicted octanol–water partition coefficient (Wildman–Crippen LogP) is 3.90. The van der Waals surface area contributed by atoms with E-state index in [1.807, 2.05) is 25.1 Å². The van der Waals surface area contributed by atoms with Crippen molar-refractivity contribution in [1.29, 1.82) is 0 Å². The molecule has 1 heterocycles. The second-order valence-electron chi connectivity index (χ2n) is 4.43. The van der Waals surface area contributed by atoms with E-state index in [1.165, 1.54) is 0 Å². The molecular formula is C13H17N3S. The van der Waals surface area contributed by atoms with E-state index in [1.54, 1.807) is 11.3 Å². The molecule has 2 aromatic rings. The van der Waals surface area contributed by atoms with Crippen molar-refractivity contribution in [3.63, 3.8) is 0 Å². The highest BCUT2D eigenvalue weighted by atomic mass is 32.1. The molecule has 4 heteroatoms. The number of nitrogens with zero attached hydrogens (tertiary/aromatic N) is 1. The van der Waals surface area contributed by atoms with Crippen molar-refractivity contribution >= 4 is 27.8 Å². The molecule has 0 fully saturated rings. The first-order valence-electron chi connectivity index (χ1n) is 5.65. The quantitative estimate of drug-likeness (QED) is 0.809. The van der Waals surface area contributed by atoms with E-state index in [9.17, 15) is 0 Å². The maximum absolute atomic E-state index is 5.87. The molecule has 3 nitrogen and oxygen atoms in total. The van der Waals surface area contributed by atoms with Crippen LogP contribution in [0.15, 0.2) is 23.6 Å². The summed E-state index contributed by atoms with van der Waals surface area (Å²) in [6.45, 7) is 6.28. The topological polar surface area (TPSA) is 50.9 Å². The van der Waals surface area contributed by atoms with Gasteiger partial charge in [-0.3, -0.25) is 0 Å². The van der Waals surface area contributed by atoms with E-state index in [2.05, 4.69) is 29.5 Å². The highest BCUT2D eigenvalue weighted by molar-refractivity contribution is 7.13. The van der Waals surface area contributed by atoms with Gasteiger partial charge in [0.25, 0.3) is 0 Å². The van der Waals surface area contributed by atoms with Crippen LogP contribution in [0.2, 0.25) is 0 Å². The van der Waals surface area contributed by atoms with Crippen molar-refractivity contribution in [3.05, 3.63) is 34.8 Å². The number of benzene rings is 1. The SMILES string of the molecule is Cc1ccc(Nc2nc(C(C)C)cs2)cc1N. The second-order valence-corrected chi connectivity index (χ2v) is 5.29. The minimum atomic E-state index is 0.463. The minimum absolute atomic E-state index is 0.463. The molecule has 17 heavy (non-hydrogen) atoms. The number of rotatable bonds is 3. The zero-order valence-corrected chi connectivity index (χ0v) is 11.1. The number of aromatic nitrogens is 1. The first-order valence-corrected chi connectivity index (χ1v) is 6.53. The van der Waals surface area contributed by atoms with Crippen LogP contribution in [0.4, 0.5) is 16.5 Å². The lowest BCUT2D eigenvalue weighted by atomic mass is 10.2. The van der Waals surface area contributed by atoms with E-state index in [-0.39, 0.29) is 0 Å². The summed E-state index contributed by atoms with van der Waals surface area (Å²) in [4.78, 5) is 4.52. The van der Waals surface area contributed by atoms with Crippen molar-refractivity contribution in [3.8, 4) is 0 Å². The predicted molar refractivity (Wildman–Crippen MR) is 75.1 cm³/mol. The smallest absolute Gasteiger partial charge is 0.187 e. The Labute approximate surface area is 106 Å². The largest absolute Gasteiger partial charge is 0.398 e. The van der Waals surface area contributed by atoms with E-state index < -0.39 is 0 Å². The van der Waals surface area contributed by atoms with Gasteiger partial charge in [0.2, 0.25) is 0 Å². The average Bonchev–Trinajstić information content (AvgIpc) is 2.72. The van der Waals surface area contributed by atoms with Gasteiger partial charge >= 0.3 is 0 Å². The lowest BCUT2D eigenvalue weighted by Crippen LogP contribution is -1.94. The normalized spacial score (nSPS) is 10.8. The van der Waals surface area contributed by atoms with Crippen LogP contribution in [0.25, 0.3) is 0 Å². The molecule has 0 bridgehead atoms. The Bertz CT molecular complexity index is 517. The van der Waals surface area contributed by atoms with Crippen molar-refractivity contribution in [2.45, 2.75) is 26.7 Å². The Hall–Kier alpha value is -1.55. The van der Waals surface area contributed by atoms with Gasteiger partial charge in [0.05, 0.1) is 5.69 Å². The monoisotopic (exact) mass is 247 g/mol. The van der Waals surface area contributed by atoms with Crippen LogP contribution in [-0.2, 0) is 0 Å². The van der Waals surface area contributed by atoms with Gasteiger partial charge in [-0.2, -0.15) is 0 Å². The molecule has 0 aliphatic heterocycles. The molecule has 0 atom stereocenters. The second kappa shape index (κ2) is 4.75. The standard InChI is InChI=1S/C13H17N3S/c1-8(2)12-7-17-13(16-12)15-10-5-4-9(3)11(14)6-10/h4-8H,14H2,1-3H3,(H,15,16). The number of nitrogens with one attached hydrogen (secondary N) is 1. The molecule has 0 aliphatic rings. The fourth-order valence-corrected chi connectivity index (χ4v) is 2.34. The fourth-order valence-electron chi connectivity index (χ4n) is 1.45. The Morgan fingerprint density at radius 3 is 2.71 bits per heavy atom. The van der Waals surface area contributed by atoms with Gasteiger partial charge in [-0.15, -0.1) is 11.3 Å². The average molecular weight is 247 g/mol. The molecule has 0 saturated carbocycles. The van der Waals surface area contributed by atoms with E-state index in [0.717, 1.165) is 27.8 Å².